The van der Waals surface area contributed by atoms with E-state index in [1.54, 1.807) is 0 Å². The first kappa shape index (κ1) is 30.3. The van der Waals surface area contributed by atoms with Gasteiger partial charge in [-0.05, 0) is 55.4 Å². The Balaban J connectivity index is 1.81. The third-order valence-corrected chi connectivity index (χ3v) is 8.23. The third kappa shape index (κ3) is 8.62. The Morgan fingerprint density at radius 3 is 2.45 bits per heavy atom. The molecule has 1 fully saturated rings. The van der Waals surface area contributed by atoms with Crippen LogP contribution in [0.25, 0.3) is 0 Å². The number of hydrogen-bond donors (Lipinski definition) is 0. The van der Waals surface area contributed by atoms with Crippen molar-refractivity contribution in [1.29, 1.82) is 0 Å². The summed E-state index contributed by atoms with van der Waals surface area (Å²) < 4.78 is 2.19. The lowest BCUT2D eigenvalue weighted by Gasteiger charge is -2.37. The lowest BCUT2D eigenvalue weighted by Crippen LogP contribution is -2.49. The summed E-state index contributed by atoms with van der Waals surface area (Å²) in [6.07, 6.45) is 11.5. The van der Waals surface area contributed by atoms with Gasteiger partial charge in [0.1, 0.15) is 0 Å². The van der Waals surface area contributed by atoms with Crippen molar-refractivity contribution in [2.24, 2.45) is 11.8 Å². The second-order valence-corrected chi connectivity index (χ2v) is 11.8. The van der Waals surface area contributed by atoms with Gasteiger partial charge in [0, 0.05) is 42.0 Å². The molecule has 38 heavy (non-hydrogen) atoms. The summed E-state index contributed by atoms with van der Waals surface area (Å²) in [6.45, 7) is 10.5. The molecule has 2 aromatic rings. The molecule has 0 N–H and O–H groups in total. The molecular formula is C32H48ClN3O2. The highest BCUT2D eigenvalue weighted by atomic mass is 35.5. The van der Waals surface area contributed by atoms with E-state index in [1.165, 1.54) is 6.42 Å². The number of benzene rings is 1. The Morgan fingerprint density at radius 2 is 1.79 bits per heavy atom. The summed E-state index contributed by atoms with van der Waals surface area (Å²) in [6, 6.07) is 12.3. The van der Waals surface area contributed by atoms with Crippen LogP contribution in [0.5, 0.6) is 0 Å². The zero-order valence-electron chi connectivity index (χ0n) is 24.0. The van der Waals surface area contributed by atoms with Gasteiger partial charge in [0.25, 0.3) is 0 Å². The van der Waals surface area contributed by atoms with E-state index in [0.29, 0.717) is 25.6 Å². The average molecular weight is 542 g/mol. The van der Waals surface area contributed by atoms with Crippen LogP contribution in [0.2, 0.25) is 5.02 Å². The largest absolute Gasteiger partial charge is 0.345 e. The van der Waals surface area contributed by atoms with Crippen molar-refractivity contribution in [2.45, 2.75) is 105 Å². The summed E-state index contributed by atoms with van der Waals surface area (Å²) in [4.78, 5) is 31.5. The van der Waals surface area contributed by atoms with Crippen molar-refractivity contribution in [3.63, 3.8) is 0 Å². The van der Waals surface area contributed by atoms with Gasteiger partial charge in [0.2, 0.25) is 11.8 Å². The molecule has 1 aliphatic carbocycles. The number of amides is 2. The second kappa shape index (κ2) is 15.4. The molecule has 210 valence electrons. The SMILES string of the molecule is CCCCC(CC)C(=O)N(CC(=O)N(Cc1cccn1Cc1ccccc1Cl)C1CCCCC1)CC(C)C. The van der Waals surface area contributed by atoms with Gasteiger partial charge in [-0.15, -0.1) is 0 Å². The average Bonchev–Trinajstić information content (AvgIpc) is 3.35. The molecule has 5 nitrogen and oxygen atoms in total. The monoisotopic (exact) mass is 541 g/mol. The number of nitrogens with zero attached hydrogens (tertiary/aromatic N) is 3. The number of rotatable bonds is 14. The Hall–Kier alpha value is -2.27. The van der Waals surface area contributed by atoms with Crippen molar-refractivity contribution in [3.8, 4) is 0 Å². The molecule has 0 radical (unpaired) electrons. The van der Waals surface area contributed by atoms with E-state index in [2.05, 4.69) is 49.4 Å². The molecule has 0 bridgehead atoms. The maximum atomic E-state index is 14.0. The van der Waals surface area contributed by atoms with Gasteiger partial charge in [-0.1, -0.05) is 89.6 Å². The zero-order chi connectivity index (χ0) is 27.5. The van der Waals surface area contributed by atoms with Crippen molar-refractivity contribution in [2.75, 3.05) is 13.1 Å². The van der Waals surface area contributed by atoms with Crippen LogP contribution in [-0.2, 0) is 22.7 Å². The molecule has 3 rings (SSSR count). The van der Waals surface area contributed by atoms with Gasteiger partial charge < -0.3 is 14.4 Å². The molecule has 1 unspecified atom stereocenters. The lowest BCUT2D eigenvalue weighted by molar-refractivity contribution is -0.145. The maximum absolute atomic E-state index is 14.0. The van der Waals surface area contributed by atoms with E-state index in [1.807, 2.05) is 35.2 Å². The Morgan fingerprint density at radius 1 is 1.05 bits per heavy atom. The highest BCUT2D eigenvalue weighted by Gasteiger charge is 2.31. The maximum Gasteiger partial charge on any atom is 0.242 e. The molecular weight excluding hydrogens is 494 g/mol. The number of carbonyl (C=O) groups is 2. The molecule has 0 saturated heterocycles. The van der Waals surface area contributed by atoms with E-state index < -0.39 is 0 Å². The highest BCUT2D eigenvalue weighted by molar-refractivity contribution is 6.31. The Bertz CT molecular complexity index is 1010. The van der Waals surface area contributed by atoms with Gasteiger partial charge in [-0.2, -0.15) is 0 Å². The fourth-order valence-corrected chi connectivity index (χ4v) is 5.88. The Kier molecular flexibility index (Phi) is 12.2. The Labute approximate surface area is 235 Å². The minimum absolute atomic E-state index is 0.00233. The van der Waals surface area contributed by atoms with Crippen LogP contribution in [-0.4, -0.2) is 45.3 Å². The first-order valence-corrected chi connectivity index (χ1v) is 15.2. The number of halogens is 1. The predicted octanol–water partition coefficient (Wildman–Crippen LogP) is 7.55. The van der Waals surface area contributed by atoms with Crippen molar-refractivity contribution in [3.05, 3.63) is 58.9 Å². The minimum Gasteiger partial charge on any atom is -0.345 e. The topological polar surface area (TPSA) is 45.6 Å². The molecule has 0 spiro atoms. The number of unbranched alkanes of at least 4 members (excludes halogenated alkanes) is 1. The van der Waals surface area contributed by atoms with Crippen LogP contribution in [0.4, 0.5) is 0 Å². The summed E-state index contributed by atoms with van der Waals surface area (Å²) in [5, 5.41) is 0.753. The normalized spacial score (nSPS) is 15.0. The number of aromatic nitrogens is 1. The van der Waals surface area contributed by atoms with Gasteiger partial charge >= 0.3 is 0 Å². The van der Waals surface area contributed by atoms with E-state index in [4.69, 9.17) is 11.6 Å². The third-order valence-electron chi connectivity index (χ3n) is 7.86. The van der Waals surface area contributed by atoms with Crippen LogP contribution < -0.4 is 0 Å². The van der Waals surface area contributed by atoms with Crippen molar-refractivity contribution < 1.29 is 9.59 Å². The predicted molar refractivity (Wildman–Crippen MR) is 157 cm³/mol. The quantitative estimate of drug-likeness (QED) is 0.248. The van der Waals surface area contributed by atoms with E-state index in [0.717, 1.165) is 67.6 Å². The molecule has 0 aliphatic heterocycles. The number of hydrogen-bond acceptors (Lipinski definition) is 2. The molecule has 6 heteroatoms. The summed E-state index contributed by atoms with van der Waals surface area (Å²) >= 11 is 6.45. The molecule has 1 atom stereocenters. The van der Waals surface area contributed by atoms with Crippen LogP contribution in [0.3, 0.4) is 0 Å². The summed E-state index contributed by atoms with van der Waals surface area (Å²) in [5.74, 6) is 0.527. The molecule has 1 heterocycles. The van der Waals surface area contributed by atoms with E-state index in [9.17, 15) is 9.59 Å². The minimum atomic E-state index is -0.00233. The van der Waals surface area contributed by atoms with E-state index in [-0.39, 0.29) is 30.3 Å². The van der Waals surface area contributed by atoms with Gasteiger partial charge in [0.15, 0.2) is 0 Å². The van der Waals surface area contributed by atoms with Crippen LogP contribution in [0.1, 0.15) is 96.7 Å². The molecule has 1 aromatic carbocycles. The van der Waals surface area contributed by atoms with Crippen LogP contribution >= 0.6 is 11.6 Å². The highest BCUT2D eigenvalue weighted by Crippen LogP contribution is 2.26. The second-order valence-electron chi connectivity index (χ2n) is 11.4. The van der Waals surface area contributed by atoms with Crippen molar-refractivity contribution in [1.82, 2.24) is 14.4 Å². The van der Waals surface area contributed by atoms with Crippen LogP contribution in [0, 0.1) is 11.8 Å². The fraction of sp³-hybridized carbons (Fsp3) is 0.625. The smallest absolute Gasteiger partial charge is 0.242 e. The first-order valence-electron chi connectivity index (χ1n) is 14.8. The lowest BCUT2D eigenvalue weighted by atomic mass is 9.93. The first-order chi connectivity index (χ1) is 18.3. The van der Waals surface area contributed by atoms with Gasteiger partial charge in [-0.3, -0.25) is 9.59 Å². The number of carbonyl (C=O) groups excluding carboxylic acids is 2. The summed E-state index contributed by atoms with van der Waals surface area (Å²) in [7, 11) is 0. The molecule has 1 aromatic heterocycles. The summed E-state index contributed by atoms with van der Waals surface area (Å²) in [5.41, 5.74) is 2.16. The van der Waals surface area contributed by atoms with Crippen molar-refractivity contribution >= 4 is 23.4 Å². The standard InChI is InChI=1S/C32H48ClN3O2/c1-5-7-14-26(6-2)32(38)35(21-25(3)4)24-31(37)36(28-16-9-8-10-17-28)23-29-18-13-20-34(29)22-27-15-11-12-19-30(27)33/h11-13,15,18-20,25-26,28H,5-10,14,16-17,21-24H2,1-4H3. The molecule has 1 aliphatic rings. The molecule has 2 amide bonds. The van der Waals surface area contributed by atoms with E-state index >= 15 is 0 Å². The van der Waals surface area contributed by atoms with Crippen LogP contribution in [0.15, 0.2) is 42.6 Å². The molecule has 1 saturated carbocycles. The zero-order valence-corrected chi connectivity index (χ0v) is 24.8. The fourth-order valence-electron chi connectivity index (χ4n) is 5.68. The van der Waals surface area contributed by atoms with Gasteiger partial charge in [0.05, 0.1) is 13.1 Å². The van der Waals surface area contributed by atoms with Gasteiger partial charge in [-0.25, -0.2) is 0 Å².